The Bertz CT molecular complexity index is 1360. The predicted octanol–water partition coefficient (Wildman–Crippen LogP) is 2.19. The van der Waals surface area contributed by atoms with E-state index in [4.69, 9.17) is 19.0 Å². The Hall–Kier alpha value is -3.77. The van der Waals surface area contributed by atoms with Crippen LogP contribution in [0.3, 0.4) is 0 Å². The first-order valence-corrected chi connectivity index (χ1v) is 12.4. The van der Waals surface area contributed by atoms with Crippen molar-refractivity contribution in [3.05, 3.63) is 64.9 Å². The Morgan fingerprint density at radius 3 is 2.46 bits per heavy atom. The van der Waals surface area contributed by atoms with E-state index in [-0.39, 0.29) is 29.9 Å². The van der Waals surface area contributed by atoms with Crippen LogP contribution in [0.25, 0.3) is 11.0 Å². The van der Waals surface area contributed by atoms with Crippen LogP contribution in [0.4, 0.5) is 0 Å². The fraction of sp³-hybridized carbons (Fsp3) is 0.393. The fourth-order valence-electron chi connectivity index (χ4n) is 4.61. The van der Waals surface area contributed by atoms with Gasteiger partial charge in [-0.25, -0.2) is 0 Å². The van der Waals surface area contributed by atoms with Gasteiger partial charge in [-0.1, -0.05) is 6.07 Å². The maximum Gasteiger partial charge on any atom is 0.306 e. The third-order valence-electron chi connectivity index (χ3n) is 6.81. The normalized spacial score (nSPS) is 23.0. The van der Waals surface area contributed by atoms with Gasteiger partial charge in [0.15, 0.2) is 5.78 Å². The van der Waals surface area contributed by atoms with Gasteiger partial charge in [-0.15, -0.1) is 0 Å². The molecule has 11 nitrogen and oxygen atoms in total. The number of phenols is 1. The molecule has 11 heteroatoms. The van der Waals surface area contributed by atoms with Crippen LogP contribution < -0.4 is 0 Å². The molecule has 2 heterocycles. The van der Waals surface area contributed by atoms with Crippen molar-refractivity contribution in [1.29, 1.82) is 0 Å². The van der Waals surface area contributed by atoms with Crippen molar-refractivity contribution in [1.82, 2.24) is 0 Å². The molecule has 1 saturated heterocycles. The molecule has 5 atom stereocenters. The molecule has 39 heavy (non-hydrogen) atoms. The summed E-state index contributed by atoms with van der Waals surface area (Å²) in [6, 6.07) is 10.2. The molecule has 2 aromatic carbocycles. The monoisotopic (exact) mass is 542 g/mol. The second-order valence-corrected chi connectivity index (χ2v) is 9.59. The van der Waals surface area contributed by atoms with Gasteiger partial charge < -0.3 is 39.4 Å². The number of carboxylic acids is 1. The number of esters is 1. The van der Waals surface area contributed by atoms with Crippen molar-refractivity contribution in [2.45, 2.75) is 63.1 Å². The summed E-state index contributed by atoms with van der Waals surface area (Å²) in [7, 11) is 0. The van der Waals surface area contributed by atoms with E-state index in [0.717, 1.165) is 16.5 Å². The number of ketones is 1. The van der Waals surface area contributed by atoms with Crippen molar-refractivity contribution >= 4 is 28.7 Å². The number of ether oxygens (including phenoxy) is 2. The molecule has 5 N–H and O–H groups in total. The number of carboxylic acid groups (broad SMARTS) is 1. The number of hydrogen-bond donors (Lipinski definition) is 5. The Balaban J connectivity index is 1.49. The molecular formula is C28H30O11. The molecular weight excluding hydrogens is 512 g/mol. The lowest BCUT2D eigenvalue weighted by atomic mass is 9.87. The first kappa shape index (κ1) is 28.2. The second-order valence-electron chi connectivity index (χ2n) is 9.59. The van der Waals surface area contributed by atoms with Crippen molar-refractivity contribution in [3.8, 4) is 5.75 Å². The number of phenolic OH excluding ortho intramolecular Hbond substituents is 1. The molecule has 0 amide bonds. The zero-order chi connectivity index (χ0) is 28.3. The summed E-state index contributed by atoms with van der Waals surface area (Å²) in [4.78, 5) is 35.5. The van der Waals surface area contributed by atoms with Crippen LogP contribution in [-0.2, 0) is 25.5 Å². The Morgan fingerprint density at radius 2 is 1.72 bits per heavy atom. The molecule has 0 bridgehead atoms. The van der Waals surface area contributed by atoms with E-state index in [9.17, 15) is 34.8 Å². The van der Waals surface area contributed by atoms with Crippen LogP contribution in [-0.4, -0.2) is 74.3 Å². The van der Waals surface area contributed by atoms with Gasteiger partial charge in [0, 0.05) is 11.8 Å². The number of rotatable bonds is 10. The van der Waals surface area contributed by atoms with Gasteiger partial charge in [-0.05, 0) is 60.4 Å². The molecule has 208 valence electrons. The first-order chi connectivity index (χ1) is 18.5. The molecule has 0 saturated carbocycles. The van der Waals surface area contributed by atoms with Crippen molar-refractivity contribution in [2.75, 3.05) is 6.61 Å². The lowest BCUT2D eigenvalue weighted by Gasteiger charge is -2.41. The highest BCUT2D eigenvalue weighted by molar-refractivity contribution is 5.99. The summed E-state index contributed by atoms with van der Waals surface area (Å²) in [5, 5.41) is 51.6. The molecule has 0 spiro atoms. The Morgan fingerprint density at radius 1 is 0.949 bits per heavy atom. The molecule has 1 aromatic heterocycles. The zero-order valence-corrected chi connectivity index (χ0v) is 21.1. The molecule has 4 rings (SSSR count). The maximum atomic E-state index is 13.1. The summed E-state index contributed by atoms with van der Waals surface area (Å²) in [6.45, 7) is 1.13. The van der Waals surface area contributed by atoms with E-state index in [1.165, 1.54) is 12.1 Å². The number of aliphatic hydroxyl groups excluding tert-OH is 3. The van der Waals surface area contributed by atoms with Crippen molar-refractivity contribution < 1.29 is 53.8 Å². The largest absolute Gasteiger partial charge is 0.507 e. The number of aliphatic hydroxyl groups is 3. The third-order valence-corrected chi connectivity index (χ3v) is 6.81. The van der Waals surface area contributed by atoms with E-state index in [2.05, 4.69) is 0 Å². The third kappa shape index (κ3) is 6.45. The van der Waals surface area contributed by atoms with Gasteiger partial charge in [0.25, 0.3) is 0 Å². The average molecular weight is 543 g/mol. The van der Waals surface area contributed by atoms with Gasteiger partial charge in [-0.3, -0.25) is 14.4 Å². The molecule has 3 aromatic rings. The molecule has 0 radical (unpaired) electrons. The van der Waals surface area contributed by atoms with Crippen LogP contribution in [0.15, 0.2) is 47.1 Å². The van der Waals surface area contributed by atoms with E-state index < -0.39 is 55.5 Å². The number of Topliss-reactive ketones (excluding diaryl/α,β-unsaturated/α-hetero) is 1. The SMILES string of the molecule is Cc1cc(O)c(C(=O)CCc2ccc3occc3c2)cc1C1OC(COC(=O)CCC(=O)O)C(O)C(O)C1O. The summed E-state index contributed by atoms with van der Waals surface area (Å²) in [5.41, 5.74) is 2.41. The highest BCUT2D eigenvalue weighted by Gasteiger charge is 2.45. The zero-order valence-electron chi connectivity index (χ0n) is 21.1. The van der Waals surface area contributed by atoms with Gasteiger partial charge >= 0.3 is 11.9 Å². The minimum absolute atomic E-state index is 0.00745. The number of aryl methyl sites for hydroxylation is 2. The number of aromatic hydroxyl groups is 1. The summed E-state index contributed by atoms with van der Waals surface area (Å²) >= 11 is 0. The molecule has 1 aliphatic heterocycles. The van der Waals surface area contributed by atoms with E-state index in [1.807, 2.05) is 24.3 Å². The molecule has 0 aliphatic carbocycles. The predicted molar refractivity (Wildman–Crippen MR) is 135 cm³/mol. The lowest BCUT2D eigenvalue weighted by Crippen LogP contribution is -2.55. The van der Waals surface area contributed by atoms with E-state index in [1.54, 1.807) is 13.2 Å². The van der Waals surface area contributed by atoms with Crippen molar-refractivity contribution in [3.63, 3.8) is 0 Å². The maximum absolute atomic E-state index is 13.1. The number of benzene rings is 2. The number of carbonyl (C=O) groups is 3. The minimum atomic E-state index is -1.67. The van der Waals surface area contributed by atoms with Crippen LogP contribution in [0.1, 0.15) is 52.4 Å². The molecule has 1 aliphatic rings. The average Bonchev–Trinajstić information content (AvgIpc) is 3.37. The number of carbonyl (C=O) groups excluding carboxylic acids is 2. The quantitative estimate of drug-likeness (QED) is 0.187. The minimum Gasteiger partial charge on any atom is -0.507 e. The van der Waals surface area contributed by atoms with Crippen LogP contribution >= 0.6 is 0 Å². The van der Waals surface area contributed by atoms with Gasteiger partial charge in [-0.2, -0.15) is 0 Å². The smallest absolute Gasteiger partial charge is 0.306 e. The number of furan rings is 1. The topological polar surface area (TPSA) is 184 Å². The first-order valence-electron chi connectivity index (χ1n) is 12.4. The number of fused-ring (bicyclic) bond motifs is 1. The lowest BCUT2D eigenvalue weighted by molar-refractivity contribution is -0.234. The van der Waals surface area contributed by atoms with E-state index >= 15 is 0 Å². The molecule has 1 fully saturated rings. The van der Waals surface area contributed by atoms with Gasteiger partial charge in [0.05, 0.1) is 24.7 Å². The van der Waals surface area contributed by atoms with Gasteiger partial charge in [0.2, 0.25) is 0 Å². The van der Waals surface area contributed by atoms with Crippen LogP contribution in [0.5, 0.6) is 5.75 Å². The summed E-state index contributed by atoms with van der Waals surface area (Å²) in [5.74, 6) is -2.60. The highest BCUT2D eigenvalue weighted by atomic mass is 16.6. The number of aliphatic carboxylic acids is 1. The Kier molecular flexibility index (Phi) is 8.66. The molecule has 5 unspecified atom stereocenters. The summed E-state index contributed by atoms with van der Waals surface area (Å²) < 4.78 is 16.1. The van der Waals surface area contributed by atoms with E-state index in [0.29, 0.717) is 17.5 Å². The van der Waals surface area contributed by atoms with Crippen molar-refractivity contribution in [2.24, 2.45) is 0 Å². The van der Waals surface area contributed by atoms with Crippen LogP contribution in [0, 0.1) is 6.92 Å². The Labute approximate surface area is 223 Å². The standard InChI is InChI=1S/C28H30O11/c1-14-10-20(30)18(19(29)4-2-15-3-5-21-16(11-15)8-9-37-21)12-17(14)28-27(36)26(35)25(34)22(39-28)13-38-24(33)7-6-23(31)32/h3,5,8-12,22,25-28,30,34-36H,2,4,6-7,13H2,1H3,(H,31,32). The highest BCUT2D eigenvalue weighted by Crippen LogP contribution is 2.37. The fourth-order valence-corrected chi connectivity index (χ4v) is 4.61. The number of hydrogen-bond acceptors (Lipinski definition) is 10. The van der Waals surface area contributed by atoms with Gasteiger partial charge in [0.1, 0.15) is 48.5 Å². The summed E-state index contributed by atoms with van der Waals surface area (Å²) in [6.07, 6.45) is -6.07. The van der Waals surface area contributed by atoms with Crippen LogP contribution in [0.2, 0.25) is 0 Å². The second kappa shape index (κ2) is 12.0.